The van der Waals surface area contributed by atoms with Crippen molar-refractivity contribution in [3.63, 3.8) is 0 Å². The number of allylic oxidation sites excluding steroid dienone is 2. The second-order valence-electron chi connectivity index (χ2n) is 5.82. The van der Waals surface area contributed by atoms with Crippen molar-refractivity contribution >= 4 is 28.5 Å². The van der Waals surface area contributed by atoms with Crippen LogP contribution in [0.15, 0.2) is 54.4 Å². The van der Waals surface area contributed by atoms with Crippen LogP contribution in [-0.2, 0) is 0 Å². The van der Waals surface area contributed by atoms with Crippen molar-refractivity contribution in [3.8, 4) is 10.4 Å². The van der Waals surface area contributed by atoms with Gasteiger partial charge >= 0.3 is 0 Å². The monoisotopic (exact) mass is 356 g/mol. The van der Waals surface area contributed by atoms with E-state index in [9.17, 15) is 0 Å². The zero-order valence-electron chi connectivity index (χ0n) is 14.3. The standard InChI is InChI=1S/C20H21ClN2S/c1-5-15-9-18(13(3)23(6-2)12-15)17-8-7-16(10-19(17)21)20-11-22-14(4)24-20/h5,7-11H,3,6,12H2,1-2,4H3/b15-5-. The fourth-order valence-electron chi connectivity index (χ4n) is 2.89. The largest absolute Gasteiger partial charge is 0.367 e. The average Bonchev–Trinajstić information content (AvgIpc) is 3.02. The van der Waals surface area contributed by atoms with Gasteiger partial charge in [-0.2, -0.15) is 0 Å². The molecule has 24 heavy (non-hydrogen) atoms. The number of thiazole rings is 1. The van der Waals surface area contributed by atoms with Gasteiger partial charge in [0.05, 0.1) is 9.88 Å². The molecule has 0 atom stereocenters. The molecule has 2 nitrogen and oxygen atoms in total. The average molecular weight is 357 g/mol. The molecular formula is C20H21ClN2S. The third kappa shape index (κ3) is 3.19. The molecule has 0 fully saturated rings. The highest BCUT2D eigenvalue weighted by atomic mass is 35.5. The second kappa shape index (κ2) is 6.96. The van der Waals surface area contributed by atoms with Gasteiger partial charge in [-0.1, -0.05) is 36.4 Å². The van der Waals surface area contributed by atoms with Crippen molar-refractivity contribution in [3.05, 3.63) is 70.0 Å². The van der Waals surface area contributed by atoms with Crippen LogP contribution in [0.3, 0.4) is 0 Å². The van der Waals surface area contributed by atoms with Crippen LogP contribution in [0.4, 0.5) is 0 Å². The summed E-state index contributed by atoms with van der Waals surface area (Å²) in [6, 6.07) is 6.23. The lowest BCUT2D eigenvalue weighted by atomic mass is 9.94. The van der Waals surface area contributed by atoms with Gasteiger partial charge in [0.25, 0.3) is 0 Å². The first-order chi connectivity index (χ1) is 11.5. The van der Waals surface area contributed by atoms with Crippen molar-refractivity contribution < 1.29 is 0 Å². The lowest BCUT2D eigenvalue weighted by Gasteiger charge is -2.32. The Morgan fingerprint density at radius 3 is 2.79 bits per heavy atom. The molecule has 0 saturated heterocycles. The van der Waals surface area contributed by atoms with Crippen molar-refractivity contribution in [2.24, 2.45) is 0 Å². The summed E-state index contributed by atoms with van der Waals surface area (Å²) < 4.78 is 0. The maximum atomic E-state index is 6.63. The fraction of sp³-hybridized carbons (Fsp3) is 0.250. The molecule has 1 aromatic carbocycles. The van der Waals surface area contributed by atoms with Gasteiger partial charge in [0.2, 0.25) is 0 Å². The number of hydrogen-bond acceptors (Lipinski definition) is 3. The van der Waals surface area contributed by atoms with Gasteiger partial charge in [-0.25, -0.2) is 4.98 Å². The zero-order valence-corrected chi connectivity index (χ0v) is 15.8. The van der Waals surface area contributed by atoms with Gasteiger partial charge in [-0.3, -0.25) is 0 Å². The molecule has 0 N–H and O–H groups in total. The Morgan fingerprint density at radius 2 is 2.21 bits per heavy atom. The molecule has 2 heterocycles. The summed E-state index contributed by atoms with van der Waals surface area (Å²) in [5, 5.41) is 1.81. The van der Waals surface area contributed by atoms with Crippen LogP contribution in [0.25, 0.3) is 16.0 Å². The molecule has 0 radical (unpaired) electrons. The molecule has 0 saturated carbocycles. The van der Waals surface area contributed by atoms with E-state index < -0.39 is 0 Å². The minimum Gasteiger partial charge on any atom is -0.367 e. The highest BCUT2D eigenvalue weighted by Crippen LogP contribution is 2.37. The molecule has 3 rings (SSSR count). The van der Waals surface area contributed by atoms with Crippen molar-refractivity contribution in [2.75, 3.05) is 13.1 Å². The SMILES string of the molecule is C=C1C(c2ccc(-c3cnc(C)s3)cc2Cl)=C/C(=C/C)CN1CC. The molecule has 2 aromatic rings. The Kier molecular flexibility index (Phi) is 4.93. The Labute approximate surface area is 152 Å². The summed E-state index contributed by atoms with van der Waals surface area (Å²) in [7, 11) is 0. The number of hydrogen-bond donors (Lipinski definition) is 0. The molecule has 1 aliphatic rings. The van der Waals surface area contributed by atoms with Crippen LogP contribution in [0.1, 0.15) is 24.4 Å². The van der Waals surface area contributed by atoms with E-state index in [2.05, 4.69) is 54.6 Å². The predicted octanol–water partition coefficient (Wildman–Crippen LogP) is 5.95. The lowest BCUT2D eigenvalue weighted by Crippen LogP contribution is -2.28. The van der Waals surface area contributed by atoms with Gasteiger partial charge in [-0.05, 0) is 44.1 Å². The van der Waals surface area contributed by atoms with E-state index in [4.69, 9.17) is 11.6 Å². The highest BCUT2D eigenvalue weighted by molar-refractivity contribution is 7.15. The van der Waals surface area contributed by atoms with E-state index >= 15 is 0 Å². The van der Waals surface area contributed by atoms with Gasteiger partial charge in [0.15, 0.2) is 0 Å². The maximum Gasteiger partial charge on any atom is 0.0900 e. The summed E-state index contributed by atoms with van der Waals surface area (Å²) in [5.41, 5.74) is 5.57. The third-order valence-corrected chi connectivity index (χ3v) is 5.59. The molecule has 4 heteroatoms. The quantitative estimate of drug-likeness (QED) is 0.675. The van der Waals surface area contributed by atoms with Crippen molar-refractivity contribution in [2.45, 2.75) is 20.8 Å². The van der Waals surface area contributed by atoms with E-state index in [1.807, 2.05) is 19.2 Å². The van der Waals surface area contributed by atoms with Gasteiger partial charge in [-0.15, -0.1) is 11.3 Å². The Hall–Kier alpha value is -1.84. The van der Waals surface area contributed by atoms with E-state index in [1.54, 1.807) is 11.3 Å². The summed E-state index contributed by atoms with van der Waals surface area (Å²) >= 11 is 8.31. The number of benzene rings is 1. The Bertz CT molecular complexity index is 845. The van der Waals surface area contributed by atoms with Crippen LogP contribution in [0, 0.1) is 6.92 Å². The maximum absolute atomic E-state index is 6.63. The van der Waals surface area contributed by atoms with E-state index in [-0.39, 0.29) is 0 Å². The molecule has 1 aromatic heterocycles. The molecule has 0 amide bonds. The number of likely N-dealkylation sites (N-methyl/N-ethyl adjacent to an activating group) is 1. The first kappa shape index (κ1) is 17.0. The first-order valence-electron chi connectivity index (χ1n) is 8.07. The predicted molar refractivity (Wildman–Crippen MR) is 105 cm³/mol. The van der Waals surface area contributed by atoms with Crippen molar-refractivity contribution in [1.29, 1.82) is 0 Å². The van der Waals surface area contributed by atoms with E-state index in [0.717, 1.165) is 50.4 Å². The molecule has 124 valence electrons. The molecule has 0 spiro atoms. The number of nitrogens with zero attached hydrogens (tertiary/aromatic N) is 2. The molecule has 1 aliphatic heterocycles. The third-order valence-electron chi connectivity index (χ3n) is 4.31. The summed E-state index contributed by atoms with van der Waals surface area (Å²) in [5.74, 6) is 0. The van der Waals surface area contributed by atoms with Crippen LogP contribution in [-0.4, -0.2) is 23.0 Å². The lowest BCUT2D eigenvalue weighted by molar-refractivity contribution is 0.407. The van der Waals surface area contributed by atoms with Crippen LogP contribution < -0.4 is 0 Å². The highest BCUT2D eigenvalue weighted by Gasteiger charge is 2.20. The summed E-state index contributed by atoms with van der Waals surface area (Å²) in [6.07, 6.45) is 6.25. The minimum absolute atomic E-state index is 0.749. The first-order valence-corrected chi connectivity index (χ1v) is 9.26. The molecular weight excluding hydrogens is 336 g/mol. The van der Waals surface area contributed by atoms with Crippen molar-refractivity contribution in [1.82, 2.24) is 9.88 Å². The Balaban J connectivity index is 2.03. The molecule has 0 bridgehead atoms. The van der Waals surface area contributed by atoms with Gasteiger partial charge in [0.1, 0.15) is 0 Å². The summed E-state index contributed by atoms with van der Waals surface area (Å²) in [6.45, 7) is 12.4. The number of aryl methyl sites for hydroxylation is 1. The van der Waals surface area contributed by atoms with Crippen LogP contribution in [0.5, 0.6) is 0 Å². The van der Waals surface area contributed by atoms with Gasteiger partial charge < -0.3 is 4.90 Å². The zero-order chi connectivity index (χ0) is 17.3. The van der Waals surface area contributed by atoms with Crippen LogP contribution >= 0.6 is 22.9 Å². The van der Waals surface area contributed by atoms with Gasteiger partial charge in [0, 0.05) is 41.1 Å². The Morgan fingerprint density at radius 1 is 1.42 bits per heavy atom. The second-order valence-corrected chi connectivity index (χ2v) is 7.46. The van der Waals surface area contributed by atoms with Crippen LogP contribution in [0.2, 0.25) is 5.02 Å². The molecule has 0 aliphatic carbocycles. The normalized spacial score (nSPS) is 16.7. The topological polar surface area (TPSA) is 16.1 Å². The number of aromatic nitrogens is 1. The molecule has 0 unspecified atom stereocenters. The summed E-state index contributed by atoms with van der Waals surface area (Å²) in [4.78, 5) is 7.74. The minimum atomic E-state index is 0.749. The smallest absolute Gasteiger partial charge is 0.0900 e. The number of rotatable bonds is 3. The number of halogens is 1. The van der Waals surface area contributed by atoms with E-state index in [1.165, 1.54) is 5.57 Å². The van der Waals surface area contributed by atoms with E-state index in [0.29, 0.717) is 0 Å². The fourth-order valence-corrected chi connectivity index (χ4v) is 3.95.